The molecule has 0 aliphatic carbocycles. The summed E-state index contributed by atoms with van der Waals surface area (Å²) in [7, 11) is 1.71. The Kier molecular flexibility index (Phi) is 8.03. The molecule has 0 unspecified atom stereocenters. The highest BCUT2D eigenvalue weighted by atomic mass is 127. The molecule has 27 heavy (non-hydrogen) atoms. The van der Waals surface area contributed by atoms with Gasteiger partial charge in [0.2, 0.25) is 0 Å². The molecule has 0 atom stereocenters. The van der Waals surface area contributed by atoms with Crippen molar-refractivity contribution in [2.24, 2.45) is 4.99 Å². The van der Waals surface area contributed by atoms with Crippen LogP contribution in [0.4, 0.5) is 0 Å². The lowest BCUT2D eigenvalue weighted by Crippen LogP contribution is -2.36. The predicted octanol–water partition coefficient (Wildman–Crippen LogP) is 3.71. The minimum atomic E-state index is 0. The second-order valence-electron chi connectivity index (χ2n) is 6.25. The third kappa shape index (κ3) is 5.65. The number of nitrogens with zero attached hydrogens (tertiary/aromatic N) is 2. The van der Waals surface area contributed by atoms with Crippen LogP contribution >= 0.6 is 35.6 Å². The van der Waals surface area contributed by atoms with Crippen LogP contribution in [0.15, 0.2) is 27.7 Å². The van der Waals surface area contributed by atoms with Crippen LogP contribution in [0, 0.1) is 0 Å². The Morgan fingerprint density at radius 2 is 1.93 bits per heavy atom. The SMILES string of the molecule is CN=C(NCc1cc(Cl)c2c(c1)OCCO2)NCc1cc(C(C)C)no1.I. The molecule has 2 aromatic rings. The van der Waals surface area contributed by atoms with E-state index in [4.69, 9.17) is 25.6 Å². The number of rotatable bonds is 5. The first kappa shape index (κ1) is 21.6. The number of fused-ring (bicyclic) bond motifs is 1. The van der Waals surface area contributed by atoms with Crippen molar-refractivity contribution < 1.29 is 14.0 Å². The van der Waals surface area contributed by atoms with Crippen molar-refractivity contribution in [3.05, 3.63) is 40.2 Å². The summed E-state index contributed by atoms with van der Waals surface area (Å²) in [5.74, 6) is 3.03. The Morgan fingerprint density at radius 1 is 1.19 bits per heavy atom. The lowest BCUT2D eigenvalue weighted by Gasteiger charge is -2.20. The Hall–Kier alpha value is -1.68. The smallest absolute Gasteiger partial charge is 0.191 e. The van der Waals surface area contributed by atoms with E-state index >= 15 is 0 Å². The summed E-state index contributed by atoms with van der Waals surface area (Å²) < 4.78 is 16.5. The molecule has 148 valence electrons. The second kappa shape index (κ2) is 10.0. The first-order valence-electron chi connectivity index (χ1n) is 8.55. The quantitative estimate of drug-likeness (QED) is 0.366. The maximum absolute atomic E-state index is 6.27. The van der Waals surface area contributed by atoms with Gasteiger partial charge < -0.3 is 24.6 Å². The van der Waals surface area contributed by atoms with Gasteiger partial charge in [-0.25, -0.2) is 0 Å². The molecular weight excluding hydrogens is 483 g/mol. The number of halogens is 2. The number of hydrogen-bond acceptors (Lipinski definition) is 5. The number of ether oxygens (including phenoxy) is 2. The molecular formula is C18H24ClIN4O3. The van der Waals surface area contributed by atoms with Crippen molar-refractivity contribution in [1.29, 1.82) is 0 Å². The maximum atomic E-state index is 6.27. The molecule has 0 spiro atoms. The number of aliphatic imine (C=N–C) groups is 1. The van der Waals surface area contributed by atoms with Gasteiger partial charge in [-0.2, -0.15) is 0 Å². The average molecular weight is 507 g/mol. The third-order valence-corrected chi connectivity index (χ3v) is 4.22. The third-order valence-electron chi connectivity index (χ3n) is 3.94. The van der Waals surface area contributed by atoms with E-state index < -0.39 is 0 Å². The van der Waals surface area contributed by atoms with Crippen LogP contribution in [0.3, 0.4) is 0 Å². The van der Waals surface area contributed by atoms with Gasteiger partial charge in [-0.3, -0.25) is 4.99 Å². The monoisotopic (exact) mass is 506 g/mol. The topological polar surface area (TPSA) is 80.9 Å². The van der Waals surface area contributed by atoms with E-state index in [0.717, 1.165) is 17.0 Å². The lowest BCUT2D eigenvalue weighted by atomic mass is 10.1. The number of guanidine groups is 1. The lowest BCUT2D eigenvalue weighted by molar-refractivity contribution is 0.171. The molecule has 1 aromatic carbocycles. The number of hydrogen-bond donors (Lipinski definition) is 2. The normalized spacial score (nSPS) is 13.3. The molecule has 0 saturated heterocycles. The number of benzene rings is 1. The Bertz CT molecular complexity index is 795. The fraction of sp³-hybridized carbons (Fsp3) is 0.444. The van der Waals surface area contributed by atoms with E-state index in [1.165, 1.54) is 0 Å². The molecule has 0 radical (unpaired) electrons. The van der Waals surface area contributed by atoms with Crippen LogP contribution in [0.25, 0.3) is 0 Å². The molecule has 0 fully saturated rings. The molecule has 7 nitrogen and oxygen atoms in total. The molecule has 1 aliphatic heterocycles. The van der Waals surface area contributed by atoms with Crippen LogP contribution in [0.2, 0.25) is 5.02 Å². The molecule has 1 aliphatic rings. The van der Waals surface area contributed by atoms with E-state index in [0.29, 0.717) is 54.7 Å². The number of aromatic nitrogens is 1. The van der Waals surface area contributed by atoms with Gasteiger partial charge in [0, 0.05) is 19.7 Å². The molecule has 0 bridgehead atoms. The highest BCUT2D eigenvalue weighted by molar-refractivity contribution is 14.0. The summed E-state index contributed by atoms with van der Waals surface area (Å²) in [5.41, 5.74) is 1.92. The minimum absolute atomic E-state index is 0. The molecule has 0 saturated carbocycles. The van der Waals surface area contributed by atoms with Gasteiger partial charge in [-0.05, 0) is 23.6 Å². The highest BCUT2D eigenvalue weighted by Gasteiger charge is 2.16. The predicted molar refractivity (Wildman–Crippen MR) is 115 cm³/mol. The summed E-state index contributed by atoms with van der Waals surface area (Å²) in [6.07, 6.45) is 0. The van der Waals surface area contributed by atoms with Gasteiger partial charge in [0.25, 0.3) is 0 Å². The van der Waals surface area contributed by atoms with E-state index in [9.17, 15) is 0 Å². The first-order chi connectivity index (χ1) is 12.6. The Labute approximate surface area is 180 Å². The number of nitrogens with one attached hydrogen (secondary N) is 2. The Morgan fingerprint density at radius 3 is 2.63 bits per heavy atom. The van der Waals surface area contributed by atoms with Crippen molar-refractivity contribution in [1.82, 2.24) is 15.8 Å². The Balaban J connectivity index is 0.00000261. The zero-order chi connectivity index (χ0) is 18.5. The average Bonchev–Trinajstić information content (AvgIpc) is 3.11. The maximum Gasteiger partial charge on any atom is 0.191 e. The van der Waals surface area contributed by atoms with Gasteiger partial charge in [-0.1, -0.05) is 30.6 Å². The molecule has 0 amide bonds. The zero-order valence-electron chi connectivity index (χ0n) is 15.5. The van der Waals surface area contributed by atoms with E-state index in [2.05, 4.69) is 34.6 Å². The van der Waals surface area contributed by atoms with Gasteiger partial charge >= 0.3 is 0 Å². The standard InChI is InChI=1S/C18H23ClN4O3.HI/c1-11(2)15-8-13(26-23-15)10-22-18(20-3)21-9-12-6-14(19)17-16(7-12)24-4-5-25-17;/h6-8,11H,4-5,9-10H2,1-3H3,(H2,20,21,22);1H. The van der Waals surface area contributed by atoms with Crippen molar-refractivity contribution in [3.8, 4) is 11.5 Å². The summed E-state index contributed by atoms with van der Waals surface area (Å²) in [6.45, 7) is 6.24. The van der Waals surface area contributed by atoms with Crippen molar-refractivity contribution >= 4 is 41.5 Å². The van der Waals surface area contributed by atoms with Gasteiger partial charge in [0.05, 0.1) is 17.3 Å². The van der Waals surface area contributed by atoms with Crippen molar-refractivity contribution in [2.45, 2.75) is 32.9 Å². The van der Waals surface area contributed by atoms with Gasteiger partial charge in [0.15, 0.2) is 23.2 Å². The molecule has 3 rings (SSSR count). The summed E-state index contributed by atoms with van der Waals surface area (Å²) in [4.78, 5) is 4.21. The fourth-order valence-electron chi connectivity index (χ4n) is 2.53. The first-order valence-corrected chi connectivity index (χ1v) is 8.92. The van der Waals surface area contributed by atoms with Crippen LogP contribution in [0.1, 0.15) is 36.8 Å². The second-order valence-corrected chi connectivity index (χ2v) is 6.66. The zero-order valence-corrected chi connectivity index (χ0v) is 18.6. The largest absolute Gasteiger partial charge is 0.486 e. The van der Waals surface area contributed by atoms with Crippen LogP contribution < -0.4 is 20.1 Å². The fourth-order valence-corrected chi connectivity index (χ4v) is 2.82. The van der Waals surface area contributed by atoms with E-state index in [1.54, 1.807) is 7.05 Å². The van der Waals surface area contributed by atoms with Gasteiger partial charge in [-0.15, -0.1) is 24.0 Å². The van der Waals surface area contributed by atoms with Gasteiger partial charge in [0.1, 0.15) is 13.2 Å². The van der Waals surface area contributed by atoms with Crippen LogP contribution in [0.5, 0.6) is 11.5 Å². The summed E-state index contributed by atoms with van der Waals surface area (Å²) in [5, 5.41) is 11.0. The highest BCUT2D eigenvalue weighted by Crippen LogP contribution is 2.38. The minimum Gasteiger partial charge on any atom is -0.486 e. The van der Waals surface area contributed by atoms with Crippen molar-refractivity contribution in [3.63, 3.8) is 0 Å². The molecule has 2 heterocycles. The molecule has 2 N–H and O–H groups in total. The van der Waals surface area contributed by atoms with Crippen molar-refractivity contribution in [2.75, 3.05) is 20.3 Å². The van der Waals surface area contributed by atoms with E-state index in [1.807, 2.05) is 18.2 Å². The van der Waals surface area contributed by atoms with E-state index in [-0.39, 0.29) is 24.0 Å². The van der Waals surface area contributed by atoms with Crippen LogP contribution in [-0.4, -0.2) is 31.4 Å². The molecule has 9 heteroatoms. The summed E-state index contributed by atoms with van der Waals surface area (Å²) in [6, 6.07) is 5.73. The summed E-state index contributed by atoms with van der Waals surface area (Å²) >= 11 is 6.27. The van der Waals surface area contributed by atoms with Crippen LogP contribution in [-0.2, 0) is 13.1 Å². The molecule has 1 aromatic heterocycles.